The Morgan fingerprint density at radius 1 is 1.36 bits per heavy atom. The van der Waals surface area contributed by atoms with Crippen LogP contribution in [0.2, 0.25) is 0 Å². The predicted octanol–water partition coefficient (Wildman–Crippen LogP) is 2.37. The van der Waals surface area contributed by atoms with E-state index in [1.165, 1.54) is 6.39 Å². The number of rotatable bonds is 6. The first kappa shape index (κ1) is 17.6. The van der Waals surface area contributed by atoms with Crippen molar-refractivity contribution < 1.29 is 14.1 Å². The highest BCUT2D eigenvalue weighted by Gasteiger charge is 2.40. The van der Waals surface area contributed by atoms with Gasteiger partial charge in [0.1, 0.15) is 11.2 Å². The van der Waals surface area contributed by atoms with Gasteiger partial charge in [0.05, 0.1) is 11.7 Å². The molecule has 0 unspecified atom stereocenters. The smallest absolute Gasteiger partial charge is 0.270 e. The maximum Gasteiger partial charge on any atom is 0.270 e. The van der Waals surface area contributed by atoms with Gasteiger partial charge < -0.3 is 14.6 Å². The van der Waals surface area contributed by atoms with Gasteiger partial charge in [0, 0.05) is 26.1 Å². The molecule has 0 bridgehead atoms. The van der Waals surface area contributed by atoms with Crippen molar-refractivity contribution in [2.45, 2.75) is 58.0 Å². The molecular formula is C17H25N5O3. The number of hydrogen-bond donors (Lipinski definition) is 1. The zero-order valence-corrected chi connectivity index (χ0v) is 15.0. The number of aromatic nitrogens is 4. The molecule has 1 aliphatic heterocycles. The van der Waals surface area contributed by atoms with Crippen LogP contribution in [0.25, 0.3) is 0 Å². The van der Waals surface area contributed by atoms with E-state index in [1.54, 1.807) is 0 Å². The van der Waals surface area contributed by atoms with E-state index in [1.807, 2.05) is 17.7 Å². The highest BCUT2D eigenvalue weighted by molar-refractivity contribution is 5.93. The van der Waals surface area contributed by atoms with Crippen LogP contribution < -0.4 is 5.32 Å². The second-order valence-corrected chi connectivity index (χ2v) is 6.49. The first-order valence-electron chi connectivity index (χ1n) is 8.83. The van der Waals surface area contributed by atoms with Crippen molar-refractivity contribution in [3.8, 4) is 0 Å². The van der Waals surface area contributed by atoms with Gasteiger partial charge in [-0.05, 0) is 25.8 Å². The summed E-state index contributed by atoms with van der Waals surface area (Å²) < 4.78 is 12.2. The third-order valence-electron chi connectivity index (χ3n) is 4.87. The Balaban J connectivity index is 1.90. The third-order valence-corrected chi connectivity index (χ3v) is 4.87. The topological polar surface area (TPSA) is 95.1 Å². The average Bonchev–Trinajstić information content (AvgIpc) is 3.27. The van der Waals surface area contributed by atoms with Crippen LogP contribution in [0.3, 0.4) is 0 Å². The lowest BCUT2D eigenvalue weighted by Crippen LogP contribution is -2.50. The molecule has 1 N–H and O–H groups in total. The number of amides is 1. The zero-order chi connectivity index (χ0) is 17.9. The van der Waals surface area contributed by atoms with Gasteiger partial charge in [-0.2, -0.15) is 10.1 Å². The quantitative estimate of drug-likeness (QED) is 0.862. The van der Waals surface area contributed by atoms with E-state index in [0.717, 1.165) is 18.5 Å². The standard InChI is InChI=1S/C17H25N5O3/c1-4-13(5-2)22-14(10-12(3)20-22)15(23)19-17(6-8-24-9-7-17)16-18-11-25-21-16/h10-11,13H,4-9H2,1-3H3,(H,19,23). The number of aryl methyl sites for hydroxylation is 1. The number of ether oxygens (including phenoxy) is 1. The molecule has 1 saturated heterocycles. The van der Waals surface area contributed by atoms with Crippen LogP contribution in [0.15, 0.2) is 17.0 Å². The number of carbonyl (C=O) groups excluding carboxylic acids is 1. The molecule has 0 aromatic carbocycles. The molecule has 0 saturated carbocycles. The molecule has 3 rings (SSSR count). The summed E-state index contributed by atoms with van der Waals surface area (Å²) >= 11 is 0. The fourth-order valence-electron chi connectivity index (χ4n) is 3.39. The Hall–Kier alpha value is -2.22. The summed E-state index contributed by atoms with van der Waals surface area (Å²) in [5.41, 5.74) is 0.734. The Labute approximate surface area is 146 Å². The lowest BCUT2D eigenvalue weighted by Gasteiger charge is -2.35. The summed E-state index contributed by atoms with van der Waals surface area (Å²) in [4.78, 5) is 17.3. The van der Waals surface area contributed by atoms with Crippen LogP contribution in [0, 0.1) is 6.92 Å². The van der Waals surface area contributed by atoms with Gasteiger partial charge >= 0.3 is 0 Å². The fourth-order valence-corrected chi connectivity index (χ4v) is 3.39. The van der Waals surface area contributed by atoms with Gasteiger partial charge in [-0.1, -0.05) is 19.0 Å². The first-order valence-corrected chi connectivity index (χ1v) is 8.83. The largest absolute Gasteiger partial charge is 0.381 e. The van der Waals surface area contributed by atoms with Crippen LogP contribution in [0.4, 0.5) is 0 Å². The second kappa shape index (κ2) is 7.35. The highest BCUT2D eigenvalue weighted by atomic mass is 16.5. The monoisotopic (exact) mass is 347 g/mol. The SMILES string of the molecule is CCC(CC)n1nc(C)cc1C(=O)NC1(c2ncon2)CCOCC1. The van der Waals surface area contributed by atoms with E-state index in [2.05, 4.69) is 34.4 Å². The number of hydrogen-bond acceptors (Lipinski definition) is 6. The van der Waals surface area contributed by atoms with Crippen molar-refractivity contribution in [2.75, 3.05) is 13.2 Å². The normalized spacial score (nSPS) is 17.0. The summed E-state index contributed by atoms with van der Waals surface area (Å²) in [7, 11) is 0. The number of nitrogens with one attached hydrogen (secondary N) is 1. The molecule has 8 nitrogen and oxygen atoms in total. The van der Waals surface area contributed by atoms with Gasteiger partial charge in [0.15, 0.2) is 5.82 Å². The van der Waals surface area contributed by atoms with Gasteiger partial charge in [-0.25, -0.2) is 0 Å². The predicted molar refractivity (Wildman–Crippen MR) is 90.1 cm³/mol. The molecule has 136 valence electrons. The molecule has 1 aliphatic rings. The van der Waals surface area contributed by atoms with Gasteiger partial charge in [0.2, 0.25) is 6.39 Å². The molecule has 2 aromatic rings. The number of carbonyl (C=O) groups is 1. The first-order chi connectivity index (χ1) is 12.1. The Kier molecular flexibility index (Phi) is 5.17. The second-order valence-electron chi connectivity index (χ2n) is 6.49. The lowest BCUT2D eigenvalue weighted by atomic mass is 9.89. The van der Waals surface area contributed by atoms with E-state index < -0.39 is 5.54 Å². The third kappa shape index (κ3) is 3.44. The summed E-state index contributed by atoms with van der Waals surface area (Å²) in [5, 5.41) is 11.7. The highest BCUT2D eigenvalue weighted by Crippen LogP contribution is 2.30. The van der Waals surface area contributed by atoms with Crippen molar-refractivity contribution in [2.24, 2.45) is 0 Å². The lowest BCUT2D eigenvalue weighted by molar-refractivity contribution is 0.0302. The fraction of sp³-hybridized carbons (Fsp3) is 0.647. The van der Waals surface area contributed by atoms with Crippen molar-refractivity contribution in [1.82, 2.24) is 25.2 Å². The van der Waals surface area contributed by atoms with Gasteiger partial charge in [-0.15, -0.1) is 0 Å². The summed E-state index contributed by atoms with van der Waals surface area (Å²) in [5.74, 6) is 0.327. The molecule has 1 amide bonds. The molecule has 2 aromatic heterocycles. The van der Waals surface area contributed by atoms with E-state index >= 15 is 0 Å². The van der Waals surface area contributed by atoms with Crippen LogP contribution >= 0.6 is 0 Å². The minimum Gasteiger partial charge on any atom is -0.381 e. The van der Waals surface area contributed by atoms with Crippen molar-refractivity contribution >= 4 is 5.91 Å². The molecule has 3 heterocycles. The maximum absolute atomic E-state index is 13.1. The minimum atomic E-state index is -0.667. The van der Waals surface area contributed by atoms with Crippen molar-refractivity contribution in [3.63, 3.8) is 0 Å². The molecule has 8 heteroatoms. The minimum absolute atomic E-state index is 0.167. The molecule has 0 atom stereocenters. The Morgan fingerprint density at radius 3 is 2.68 bits per heavy atom. The van der Waals surface area contributed by atoms with Crippen LogP contribution in [-0.4, -0.2) is 39.0 Å². The van der Waals surface area contributed by atoms with Crippen LogP contribution in [-0.2, 0) is 10.3 Å². The van der Waals surface area contributed by atoms with Gasteiger partial charge in [0.25, 0.3) is 5.91 Å². The Bertz CT molecular complexity index is 700. The molecule has 0 radical (unpaired) electrons. The summed E-state index contributed by atoms with van der Waals surface area (Å²) in [6.45, 7) is 7.19. The zero-order valence-electron chi connectivity index (χ0n) is 15.0. The molecule has 0 aliphatic carbocycles. The van der Waals surface area contributed by atoms with Gasteiger partial charge in [-0.3, -0.25) is 9.48 Å². The number of nitrogens with zero attached hydrogens (tertiary/aromatic N) is 4. The molecule has 0 spiro atoms. The average molecular weight is 347 g/mol. The van der Waals surface area contributed by atoms with Crippen molar-refractivity contribution in [1.29, 1.82) is 0 Å². The Morgan fingerprint density at radius 2 is 2.08 bits per heavy atom. The van der Waals surface area contributed by atoms with E-state index in [0.29, 0.717) is 37.6 Å². The molecule has 25 heavy (non-hydrogen) atoms. The molecule has 1 fully saturated rings. The molecular weight excluding hydrogens is 322 g/mol. The summed E-state index contributed by atoms with van der Waals surface area (Å²) in [6.07, 6.45) is 4.34. The van der Waals surface area contributed by atoms with Crippen LogP contribution in [0.1, 0.15) is 67.6 Å². The van der Waals surface area contributed by atoms with Crippen LogP contribution in [0.5, 0.6) is 0 Å². The van der Waals surface area contributed by atoms with Crippen molar-refractivity contribution in [3.05, 3.63) is 29.7 Å². The van der Waals surface area contributed by atoms with E-state index in [-0.39, 0.29) is 11.9 Å². The van der Waals surface area contributed by atoms with E-state index in [4.69, 9.17) is 9.26 Å². The summed E-state index contributed by atoms with van der Waals surface area (Å²) in [6, 6.07) is 2.03. The maximum atomic E-state index is 13.1. The van der Waals surface area contributed by atoms with E-state index in [9.17, 15) is 4.79 Å².